The fourth-order valence-electron chi connectivity index (χ4n) is 1.66. The zero-order valence-electron chi connectivity index (χ0n) is 7.74. The van der Waals surface area contributed by atoms with Crippen LogP contribution in [0.4, 0.5) is 4.39 Å². The highest BCUT2D eigenvalue weighted by Crippen LogP contribution is 2.41. The number of nitrogens with one attached hydrogen (secondary N) is 1. The second-order valence-corrected chi connectivity index (χ2v) is 4.32. The molecule has 4 heteroatoms. The van der Waals surface area contributed by atoms with Gasteiger partial charge in [-0.05, 0) is 18.2 Å². The molecule has 0 aromatic heterocycles. The number of thioether (sulfide) groups is 1. The Morgan fingerprint density at radius 3 is 3.13 bits per heavy atom. The van der Waals surface area contributed by atoms with Crippen LogP contribution in [-0.4, -0.2) is 5.63 Å². The molecule has 0 bridgehead atoms. The van der Waals surface area contributed by atoms with Crippen LogP contribution in [0.2, 0.25) is 0 Å². The summed E-state index contributed by atoms with van der Waals surface area (Å²) < 4.78 is 18.6. The number of hydrogen-bond acceptors (Lipinski definition) is 3. The van der Waals surface area contributed by atoms with E-state index < -0.39 is 5.63 Å². The van der Waals surface area contributed by atoms with E-state index >= 15 is 0 Å². The maximum absolute atomic E-state index is 13.2. The van der Waals surface area contributed by atoms with Gasteiger partial charge in [-0.25, -0.2) is 4.39 Å². The Morgan fingerprint density at radius 2 is 2.20 bits per heavy atom. The molecule has 3 rings (SSSR count). The van der Waals surface area contributed by atoms with E-state index in [1.54, 1.807) is 12.3 Å². The Balaban J connectivity index is 2.16. The smallest absolute Gasteiger partial charge is 0.222 e. The average molecular weight is 221 g/mol. The molecule has 0 amide bonds. The number of para-hydroxylation sites is 1. The Bertz CT molecular complexity index is 469. The van der Waals surface area contributed by atoms with Crippen LogP contribution in [0.15, 0.2) is 41.5 Å². The van der Waals surface area contributed by atoms with Gasteiger partial charge < -0.3 is 10.1 Å². The summed E-state index contributed by atoms with van der Waals surface area (Å²) in [7, 11) is 0. The molecule has 1 aromatic carbocycles. The molecule has 2 aliphatic heterocycles. The molecule has 1 atom stereocenters. The van der Waals surface area contributed by atoms with E-state index in [1.807, 2.05) is 24.3 Å². The van der Waals surface area contributed by atoms with Gasteiger partial charge >= 0.3 is 0 Å². The fourth-order valence-corrected chi connectivity index (χ4v) is 2.48. The van der Waals surface area contributed by atoms with Crippen molar-refractivity contribution in [3.8, 4) is 5.75 Å². The normalized spacial score (nSPS) is 22.6. The number of fused-ring (bicyclic) bond motifs is 2. The van der Waals surface area contributed by atoms with Gasteiger partial charge in [-0.3, -0.25) is 0 Å². The molecular formula is C11H8FNOS. The average Bonchev–Trinajstić information content (AvgIpc) is 2.52. The van der Waals surface area contributed by atoms with Crippen molar-refractivity contribution in [3.05, 3.63) is 47.1 Å². The van der Waals surface area contributed by atoms with E-state index in [2.05, 4.69) is 5.32 Å². The fraction of sp³-hybridized carbons (Fsp3) is 0.0909. The maximum Gasteiger partial charge on any atom is 0.222 e. The third kappa shape index (κ3) is 1.41. The maximum atomic E-state index is 13.2. The van der Waals surface area contributed by atoms with E-state index in [-0.39, 0.29) is 0 Å². The Labute approximate surface area is 90.8 Å². The molecular weight excluding hydrogens is 213 g/mol. The van der Waals surface area contributed by atoms with Crippen molar-refractivity contribution in [2.45, 2.75) is 5.63 Å². The number of ether oxygens (including phenoxy) is 1. The van der Waals surface area contributed by atoms with Gasteiger partial charge in [-0.2, -0.15) is 0 Å². The molecule has 0 radical (unpaired) electrons. The highest BCUT2D eigenvalue weighted by Gasteiger charge is 2.26. The summed E-state index contributed by atoms with van der Waals surface area (Å²) in [5.74, 6) is 0.751. The van der Waals surface area contributed by atoms with Gasteiger partial charge in [0.1, 0.15) is 5.75 Å². The minimum absolute atomic E-state index is 0.751. The van der Waals surface area contributed by atoms with Crippen LogP contribution in [-0.2, 0) is 0 Å². The molecule has 76 valence electrons. The van der Waals surface area contributed by atoms with Crippen molar-refractivity contribution >= 4 is 17.5 Å². The number of alkyl halides is 1. The van der Waals surface area contributed by atoms with E-state index in [1.165, 1.54) is 0 Å². The zero-order chi connectivity index (χ0) is 10.3. The lowest BCUT2D eigenvalue weighted by Gasteiger charge is -2.09. The Kier molecular flexibility index (Phi) is 1.95. The summed E-state index contributed by atoms with van der Waals surface area (Å²) >= 11 is 1.16. The van der Waals surface area contributed by atoms with Crippen molar-refractivity contribution in [2.24, 2.45) is 0 Å². The van der Waals surface area contributed by atoms with Crippen LogP contribution < -0.4 is 10.1 Å². The first-order valence-corrected chi connectivity index (χ1v) is 5.47. The quantitative estimate of drug-likeness (QED) is 0.681. The molecule has 0 aliphatic carbocycles. The van der Waals surface area contributed by atoms with E-state index in [0.717, 1.165) is 33.7 Å². The number of allylic oxidation sites excluding steroid dienone is 1. The minimum atomic E-state index is -1.06. The van der Waals surface area contributed by atoms with Crippen molar-refractivity contribution < 1.29 is 9.13 Å². The molecule has 0 saturated heterocycles. The van der Waals surface area contributed by atoms with Crippen LogP contribution in [0.25, 0.3) is 5.70 Å². The predicted octanol–water partition coefficient (Wildman–Crippen LogP) is 2.85. The van der Waals surface area contributed by atoms with Crippen LogP contribution in [0, 0.1) is 0 Å². The first kappa shape index (κ1) is 8.85. The summed E-state index contributed by atoms with van der Waals surface area (Å²) in [5.41, 5.74) is 0.660. The molecule has 2 heterocycles. The largest absolute Gasteiger partial charge is 0.464 e. The second-order valence-electron chi connectivity index (χ2n) is 3.23. The molecule has 0 spiro atoms. The van der Waals surface area contributed by atoms with Crippen LogP contribution in [0.1, 0.15) is 5.56 Å². The van der Waals surface area contributed by atoms with Crippen molar-refractivity contribution in [3.63, 3.8) is 0 Å². The molecule has 2 aliphatic rings. The summed E-state index contributed by atoms with van der Waals surface area (Å²) in [6.07, 6.45) is 3.38. The monoisotopic (exact) mass is 221 g/mol. The van der Waals surface area contributed by atoms with Gasteiger partial charge in [0.2, 0.25) is 5.63 Å². The standard InChI is InChI=1S/C11H8FNOS/c12-11-13-10-7-3-1-2-4-8(7)14-6-5-9(10)15-11/h1-6,11,13H. The summed E-state index contributed by atoms with van der Waals surface area (Å²) in [5, 5.41) is 2.80. The summed E-state index contributed by atoms with van der Waals surface area (Å²) in [6, 6.07) is 7.60. The molecule has 0 saturated carbocycles. The number of halogens is 1. The molecule has 0 fully saturated rings. The zero-order valence-corrected chi connectivity index (χ0v) is 8.55. The highest BCUT2D eigenvalue weighted by molar-refractivity contribution is 8.04. The second kappa shape index (κ2) is 3.31. The lowest BCUT2D eigenvalue weighted by atomic mass is 10.1. The number of rotatable bonds is 0. The lowest BCUT2D eigenvalue weighted by Crippen LogP contribution is -2.14. The molecule has 2 nitrogen and oxygen atoms in total. The lowest BCUT2D eigenvalue weighted by molar-refractivity contribution is 0.429. The minimum Gasteiger partial charge on any atom is -0.464 e. The van der Waals surface area contributed by atoms with Gasteiger partial charge in [0.25, 0.3) is 0 Å². The van der Waals surface area contributed by atoms with Crippen LogP contribution in [0.3, 0.4) is 0 Å². The number of hydrogen-bond donors (Lipinski definition) is 1. The van der Waals surface area contributed by atoms with Crippen LogP contribution >= 0.6 is 11.8 Å². The van der Waals surface area contributed by atoms with Crippen molar-refractivity contribution in [1.29, 1.82) is 0 Å². The van der Waals surface area contributed by atoms with E-state index in [0.29, 0.717) is 0 Å². The third-order valence-electron chi connectivity index (χ3n) is 2.31. The van der Waals surface area contributed by atoms with Gasteiger partial charge in [0, 0.05) is 10.5 Å². The van der Waals surface area contributed by atoms with E-state index in [9.17, 15) is 4.39 Å². The summed E-state index contributed by atoms with van der Waals surface area (Å²) in [4.78, 5) is 0.882. The van der Waals surface area contributed by atoms with Gasteiger partial charge in [-0.1, -0.05) is 23.9 Å². The van der Waals surface area contributed by atoms with Crippen molar-refractivity contribution in [1.82, 2.24) is 5.32 Å². The Hall–Kier alpha value is -1.42. The predicted molar refractivity (Wildman–Crippen MR) is 58.8 cm³/mol. The van der Waals surface area contributed by atoms with Gasteiger partial charge in [0.15, 0.2) is 0 Å². The first-order valence-electron chi connectivity index (χ1n) is 4.59. The molecule has 1 aromatic rings. The van der Waals surface area contributed by atoms with Gasteiger partial charge in [0.05, 0.1) is 12.0 Å². The molecule has 15 heavy (non-hydrogen) atoms. The molecule has 1 N–H and O–H groups in total. The number of benzene rings is 1. The molecule has 1 unspecified atom stereocenters. The van der Waals surface area contributed by atoms with Gasteiger partial charge in [-0.15, -0.1) is 0 Å². The van der Waals surface area contributed by atoms with Crippen molar-refractivity contribution in [2.75, 3.05) is 0 Å². The Morgan fingerprint density at radius 1 is 1.33 bits per heavy atom. The SMILES string of the molecule is FC1NC2=C(C=COc3ccccc32)S1. The summed E-state index contributed by atoms with van der Waals surface area (Å²) in [6.45, 7) is 0. The van der Waals surface area contributed by atoms with E-state index in [4.69, 9.17) is 4.74 Å². The highest BCUT2D eigenvalue weighted by atomic mass is 32.2. The van der Waals surface area contributed by atoms with Crippen LogP contribution in [0.5, 0.6) is 5.75 Å². The first-order chi connectivity index (χ1) is 7.34. The third-order valence-corrected chi connectivity index (χ3v) is 3.22. The topological polar surface area (TPSA) is 21.3 Å².